The molecule has 2 aromatic carbocycles. The van der Waals surface area contributed by atoms with Crippen molar-refractivity contribution in [1.82, 2.24) is 4.98 Å². The molecule has 1 aromatic heterocycles. The number of halogens is 1. The van der Waals surface area contributed by atoms with Gasteiger partial charge in [-0.3, -0.25) is 4.79 Å². The van der Waals surface area contributed by atoms with Crippen LogP contribution < -0.4 is 4.74 Å². The van der Waals surface area contributed by atoms with Gasteiger partial charge in [-0.2, -0.15) is 0 Å². The third kappa shape index (κ3) is 3.63. The number of carbonyl (C=O) groups excluding carboxylic acids is 1. The summed E-state index contributed by atoms with van der Waals surface area (Å²) in [5, 5.41) is 0. The minimum absolute atomic E-state index is 0.00758. The number of hydrogen-bond acceptors (Lipinski definition) is 4. The Morgan fingerprint density at radius 2 is 1.83 bits per heavy atom. The highest BCUT2D eigenvalue weighted by molar-refractivity contribution is 5.94. The second-order valence-corrected chi connectivity index (χ2v) is 4.99. The molecule has 4 nitrogen and oxygen atoms in total. The van der Waals surface area contributed by atoms with Gasteiger partial charge in [-0.25, -0.2) is 9.37 Å². The van der Waals surface area contributed by atoms with Crippen LogP contribution in [0.2, 0.25) is 0 Å². The van der Waals surface area contributed by atoms with Gasteiger partial charge in [0.2, 0.25) is 5.89 Å². The summed E-state index contributed by atoms with van der Waals surface area (Å²) in [6, 6.07) is 12.8. The molecule has 116 valence electrons. The normalized spacial score (nSPS) is 10.5. The van der Waals surface area contributed by atoms with E-state index in [1.165, 1.54) is 19.1 Å². The summed E-state index contributed by atoms with van der Waals surface area (Å²) in [5.41, 5.74) is 1.38. The molecule has 0 N–H and O–H groups in total. The van der Waals surface area contributed by atoms with Gasteiger partial charge in [-0.15, -0.1) is 0 Å². The van der Waals surface area contributed by atoms with Crippen molar-refractivity contribution < 1.29 is 18.3 Å². The summed E-state index contributed by atoms with van der Waals surface area (Å²) in [7, 11) is 0. The molecule has 0 aliphatic carbocycles. The number of ketones is 1. The SMILES string of the molecule is CC(=O)c1ccc(OCc2ncc(-c3ccc(F)cc3)o2)cc1. The molecule has 0 saturated carbocycles. The number of ether oxygens (including phenoxy) is 1. The maximum absolute atomic E-state index is 12.9. The van der Waals surface area contributed by atoms with Crippen molar-refractivity contribution in [2.24, 2.45) is 0 Å². The molecule has 0 aliphatic rings. The fourth-order valence-corrected chi connectivity index (χ4v) is 2.06. The fourth-order valence-electron chi connectivity index (χ4n) is 2.06. The van der Waals surface area contributed by atoms with Crippen molar-refractivity contribution in [3.63, 3.8) is 0 Å². The monoisotopic (exact) mass is 311 g/mol. The van der Waals surface area contributed by atoms with Gasteiger partial charge in [0.05, 0.1) is 6.20 Å². The zero-order chi connectivity index (χ0) is 16.2. The Morgan fingerprint density at radius 1 is 1.13 bits per heavy atom. The van der Waals surface area contributed by atoms with Crippen molar-refractivity contribution in [3.8, 4) is 17.1 Å². The Balaban J connectivity index is 1.65. The number of hydrogen-bond donors (Lipinski definition) is 0. The van der Waals surface area contributed by atoms with Crippen LogP contribution in [0.4, 0.5) is 4.39 Å². The maximum atomic E-state index is 12.9. The quantitative estimate of drug-likeness (QED) is 0.661. The topological polar surface area (TPSA) is 52.3 Å². The van der Waals surface area contributed by atoms with E-state index in [4.69, 9.17) is 9.15 Å². The second-order valence-electron chi connectivity index (χ2n) is 4.99. The van der Waals surface area contributed by atoms with Crippen LogP contribution in [-0.2, 0) is 6.61 Å². The van der Waals surface area contributed by atoms with Crippen LogP contribution in [0, 0.1) is 5.82 Å². The lowest BCUT2D eigenvalue weighted by Crippen LogP contribution is -1.96. The lowest BCUT2D eigenvalue weighted by atomic mass is 10.1. The van der Waals surface area contributed by atoms with Crippen molar-refractivity contribution >= 4 is 5.78 Å². The maximum Gasteiger partial charge on any atom is 0.232 e. The molecule has 0 amide bonds. The first-order chi connectivity index (χ1) is 11.1. The summed E-state index contributed by atoms with van der Waals surface area (Å²) in [5.74, 6) is 1.30. The molecule has 0 spiro atoms. The minimum atomic E-state index is -0.300. The number of rotatable bonds is 5. The van der Waals surface area contributed by atoms with Gasteiger partial charge in [0, 0.05) is 11.1 Å². The van der Waals surface area contributed by atoms with Crippen LogP contribution in [0.25, 0.3) is 11.3 Å². The number of carbonyl (C=O) groups is 1. The summed E-state index contributed by atoms with van der Waals surface area (Å²) >= 11 is 0. The van der Waals surface area contributed by atoms with Gasteiger partial charge < -0.3 is 9.15 Å². The second kappa shape index (κ2) is 6.44. The highest BCUT2D eigenvalue weighted by Gasteiger charge is 2.07. The lowest BCUT2D eigenvalue weighted by Gasteiger charge is -2.04. The lowest BCUT2D eigenvalue weighted by molar-refractivity contribution is 0.101. The zero-order valence-electron chi connectivity index (χ0n) is 12.5. The molecule has 0 fully saturated rings. The third-order valence-electron chi connectivity index (χ3n) is 3.31. The molecular formula is C18H14FNO3. The predicted octanol–water partition coefficient (Wildman–Crippen LogP) is 4.26. The smallest absolute Gasteiger partial charge is 0.232 e. The van der Waals surface area contributed by atoms with E-state index in [1.807, 2.05) is 0 Å². The van der Waals surface area contributed by atoms with Crippen LogP contribution in [0.3, 0.4) is 0 Å². The first kappa shape index (κ1) is 15.0. The van der Waals surface area contributed by atoms with Crippen LogP contribution in [-0.4, -0.2) is 10.8 Å². The van der Waals surface area contributed by atoms with Crippen LogP contribution in [0.1, 0.15) is 23.2 Å². The van der Waals surface area contributed by atoms with Crippen molar-refractivity contribution in [3.05, 3.63) is 72.0 Å². The highest BCUT2D eigenvalue weighted by Crippen LogP contribution is 2.21. The fraction of sp³-hybridized carbons (Fsp3) is 0.111. The number of Topliss-reactive ketones (excluding diaryl/α,β-unsaturated/α-hetero) is 1. The Morgan fingerprint density at radius 3 is 2.48 bits per heavy atom. The van der Waals surface area contributed by atoms with E-state index >= 15 is 0 Å². The molecule has 3 aromatic rings. The molecule has 0 saturated heterocycles. The van der Waals surface area contributed by atoms with Gasteiger partial charge in [0.15, 0.2) is 18.2 Å². The average Bonchev–Trinajstić information content (AvgIpc) is 3.03. The van der Waals surface area contributed by atoms with E-state index in [1.54, 1.807) is 42.6 Å². The largest absolute Gasteiger partial charge is 0.484 e. The van der Waals surface area contributed by atoms with Gasteiger partial charge in [0.25, 0.3) is 0 Å². The Labute approximate surface area is 132 Å². The molecule has 0 radical (unpaired) electrons. The molecule has 5 heteroatoms. The number of oxazole rings is 1. The van der Waals surface area contributed by atoms with Gasteiger partial charge in [0.1, 0.15) is 11.6 Å². The Bertz CT molecular complexity index is 807. The van der Waals surface area contributed by atoms with Crippen molar-refractivity contribution in [1.29, 1.82) is 0 Å². The third-order valence-corrected chi connectivity index (χ3v) is 3.31. The van der Waals surface area contributed by atoms with Crippen LogP contribution in [0.15, 0.2) is 59.1 Å². The standard InChI is InChI=1S/C18H14FNO3/c1-12(21)13-4-8-16(9-5-13)22-11-18-20-10-17(23-18)14-2-6-15(19)7-3-14/h2-10H,11H2,1H3. The van der Waals surface area contributed by atoms with Crippen LogP contribution in [0.5, 0.6) is 5.75 Å². The Kier molecular flexibility index (Phi) is 4.19. The molecule has 1 heterocycles. The predicted molar refractivity (Wildman–Crippen MR) is 82.7 cm³/mol. The van der Waals surface area contributed by atoms with E-state index in [0.717, 1.165) is 5.56 Å². The van der Waals surface area contributed by atoms with Crippen LogP contribution >= 0.6 is 0 Å². The first-order valence-corrected chi connectivity index (χ1v) is 7.06. The van der Waals surface area contributed by atoms with Gasteiger partial charge in [-0.05, 0) is 55.5 Å². The Hall–Kier alpha value is -2.95. The molecule has 0 unspecified atom stereocenters. The minimum Gasteiger partial charge on any atom is -0.484 e. The average molecular weight is 311 g/mol. The van der Waals surface area contributed by atoms with Crippen molar-refractivity contribution in [2.45, 2.75) is 13.5 Å². The van der Waals surface area contributed by atoms with Gasteiger partial charge >= 0.3 is 0 Å². The van der Waals surface area contributed by atoms with E-state index in [9.17, 15) is 9.18 Å². The molecule has 0 atom stereocenters. The summed E-state index contributed by atoms with van der Waals surface area (Å²) in [6.45, 7) is 1.68. The van der Waals surface area contributed by atoms with E-state index in [-0.39, 0.29) is 18.2 Å². The van der Waals surface area contributed by atoms with E-state index < -0.39 is 0 Å². The molecular weight excluding hydrogens is 297 g/mol. The summed E-state index contributed by atoms with van der Waals surface area (Å²) in [6.07, 6.45) is 1.57. The zero-order valence-corrected chi connectivity index (χ0v) is 12.5. The van der Waals surface area contributed by atoms with E-state index in [2.05, 4.69) is 4.98 Å². The number of aromatic nitrogens is 1. The highest BCUT2D eigenvalue weighted by atomic mass is 19.1. The van der Waals surface area contributed by atoms with Crippen molar-refractivity contribution in [2.75, 3.05) is 0 Å². The molecule has 3 rings (SSSR count). The number of benzene rings is 2. The summed E-state index contributed by atoms with van der Waals surface area (Å²) < 4.78 is 24.1. The number of nitrogens with zero attached hydrogens (tertiary/aromatic N) is 1. The molecule has 23 heavy (non-hydrogen) atoms. The summed E-state index contributed by atoms with van der Waals surface area (Å²) in [4.78, 5) is 15.3. The van der Waals surface area contributed by atoms with E-state index in [0.29, 0.717) is 23.0 Å². The first-order valence-electron chi connectivity index (χ1n) is 7.06. The van der Waals surface area contributed by atoms with Gasteiger partial charge in [-0.1, -0.05) is 0 Å². The molecule has 0 bridgehead atoms. The molecule has 0 aliphatic heterocycles.